The molecular weight excluding hydrogens is 378 g/mol. The lowest BCUT2D eigenvalue weighted by Gasteiger charge is -2.15. The predicted octanol–water partition coefficient (Wildman–Crippen LogP) is 4.82. The third-order valence-electron chi connectivity index (χ3n) is 5.11. The van der Waals surface area contributed by atoms with Crippen molar-refractivity contribution < 1.29 is 14.3 Å². The fraction of sp³-hybridized carbons (Fsp3) is 0.375. The fourth-order valence-corrected chi connectivity index (χ4v) is 3.42. The van der Waals surface area contributed by atoms with Crippen molar-refractivity contribution in [2.45, 2.75) is 51.5 Å². The molecule has 1 heterocycles. The second kappa shape index (κ2) is 11.3. The Morgan fingerprint density at radius 3 is 2.57 bits per heavy atom. The standard InChI is InChI=1S/C24H29N3O3/c1-2-3-7-21(19-8-5-4-6-9-19)16-22-26-27-24(30-22)20-12-10-18(11-13-20)17-25-15-14-23(28)29/h4-6,8-13,21,25H,2-3,7,14-17H2,1H3,(H,28,29)/t21-/m0/s1. The minimum absolute atomic E-state index is 0.116. The molecule has 0 amide bonds. The smallest absolute Gasteiger partial charge is 0.304 e. The number of nitrogens with one attached hydrogen (secondary N) is 1. The van der Waals surface area contributed by atoms with Gasteiger partial charge in [-0.15, -0.1) is 10.2 Å². The molecular formula is C24H29N3O3. The van der Waals surface area contributed by atoms with Crippen LogP contribution in [0.5, 0.6) is 0 Å². The lowest BCUT2D eigenvalue weighted by atomic mass is 9.91. The number of carboxylic acids is 1. The van der Waals surface area contributed by atoms with Crippen LogP contribution in [0.2, 0.25) is 0 Å². The third-order valence-corrected chi connectivity index (χ3v) is 5.11. The van der Waals surface area contributed by atoms with E-state index in [4.69, 9.17) is 9.52 Å². The molecule has 1 aromatic heterocycles. The van der Waals surface area contributed by atoms with Crippen molar-refractivity contribution in [3.05, 3.63) is 71.6 Å². The maximum absolute atomic E-state index is 10.6. The third kappa shape index (κ3) is 6.52. The van der Waals surface area contributed by atoms with E-state index in [2.05, 4.69) is 46.7 Å². The molecule has 0 saturated heterocycles. The van der Waals surface area contributed by atoms with Gasteiger partial charge in [-0.05, 0) is 35.6 Å². The van der Waals surface area contributed by atoms with Gasteiger partial charge in [0, 0.05) is 25.1 Å². The van der Waals surface area contributed by atoms with Crippen molar-refractivity contribution in [2.24, 2.45) is 0 Å². The lowest BCUT2D eigenvalue weighted by molar-refractivity contribution is -0.136. The monoisotopic (exact) mass is 407 g/mol. The molecule has 3 rings (SSSR count). The molecule has 1 atom stereocenters. The molecule has 0 unspecified atom stereocenters. The van der Waals surface area contributed by atoms with Gasteiger partial charge in [0.2, 0.25) is 11.8 Å². The highest BCUT2D eigenvalue weighted by molar-refractivity contribution is 5.66. The molecule has 0 fully saturated rings. The lowest BCUT2D eigenvalue weighted by Crippen LogP contribution is -2.17. The molecule has 158 valence electrons. The van der Waals surface area contributed by atoms with Crippen molar-refractivity contribution in [3.63, 3.8) is 0 Å². The highest BCUT2D eigenvalue weighted by Crippen LogP contribution is 2.27. The minimum atomic E-state index is -0.797. The summed E-state index contributed by atoms with van der Waals surface area (Å²) in [5.74, 6) is 0.764. The van der Waals surface area contributed by atoms with Crippen molar-refractivity contribution in [1.29, 1.82) is 0 Å². The molecule has 0 aliphatic heterocycles. The molecule has 6 nitrogen and oxygen atoms in total. The first kappa shape index (κ1) is 21.7. The number of aliphatic carboxylic acids is 1. The van der Waals surface area contributed by atoms with E-state index < -0.39 is 5.97 Å². The van der Waals surface area contributed by atoms with Gasteiger partial charge in [0.1, 0.15) is 0 Å². The van der Waals surface area contributed by atoms with E-state index >= 15 is 0 Å². The van der Waals surface area contributed by atoms with Crippen LogP contribution in [-0.2, 0) is 17.8 Å². The first-order valence-corrected chi connectivity index (χ1v) is 10.5. The molecule has 6 heteroatoms. The Kier molecular flexibility index (Phi) is 8.15. The van der Waals surface area contributed by atoms with E-state index in [1.54, 1.807) is 0 Å². The van der Waals surface area contributed by atoms with Gasteiger partial charge in [0.15, 0.2) is 0 Å². The number of unbranched alkanes of at least 4 members (excludes halogenated alkanes) is 1. The average Bonchev–Trinajstić information content (AvgIpc) is 3.24. The Bertz CT molecular complexity index is 907. The van der Waals surface area contributed by atoms with Crippen LogP contribution in [0.15, 0.2) is 59.0 Å². The molecule has 3 aromatic rings. The predicted molar refractivity (Wildman–Crippen MR) is 116 cm³/mol. The maximum atomic E-state index is 10.6. The van der Waals surface area contributed by atoms with Crippen LogP contribution in [0.3, 0.4) is 0 Å². The molecule has 2 aromatic carbocycles. The van der Waals surface area contributed by atoms with Crippen molar-refractivity contribution in [3.8, 4) is 11.5 Å². The maximum Gasteiger partial charge on any atom is 0.304 e. The van der Waals surface area contributed by atoms with E-state index in [0.717, 1.165) is 30.4 Å². The van der Waals surface area contributed by atoms with Crippen LogP contribution in [-0.4, -0.2) is 27.8 Å². The van der Waals surface area contributed by atoms with Gasteiger partial charge in [-0.2, -0.15) is 0 Å². The first-order valence-electron chi connectivity index (χ1n) is 10.5. The Hall–Kier alpha value is -2.99. The van der Waals surface area contributed by atoms with Crippen LogP contribution >= 0.6 is 0 Å². The zero-order valence-electron chi connectivity index (χ0n) is 17.4. The highest BCUT2D eigenvalue weighted by atomic mass is 16.4. The second-order valence-electron chi connectivity index (χ2n) is 7.47. The Balaban J connectivity index is 1.61. The number of hydrogen-bond donors (Lipinski definition) is 2. The number of hydrogen-bond acceptors (Lipinski definition) is 5. The Labute approximate surface area is 177 Å². The van der Waals surface area contributed by atoms with Gasteiger partial charge in [-0.3, -0.25) is 4.79 Å². The van der Waals surface area contributed by atoms with Gasteiger partial charge in [0.25, 0.3) is 0 Å². The summed E-state index contributed by atoms with van der Waals surface area (Å²) < 4.78 is 5.96. The molecule has 0 bridgehead atoms. The van der Waals surface area contributed by atoms with E-state index in [-0.39, 0.29) is 6.42 Å². The van der Waals surface area contributed by atoms with Crippen LogP contribution in [0.1, 0.15) is 55.5 Å². The van der Waals surface area contributed by atoms with E-state index in [0.29, 0.717) is 30.8 Å². The second-order valence-corrected chi connectivity index (χ2v) is 7.47. The zero-order valence-corrected chi connectivity index (χ0v) is 17.4. The van der Waals surface area contributed by atoms with Gasteiger partial charge in [0.05, 0.1) is 6.42 Å². The van der Waals surface area contributed by atoms with Gasteiger partial charge < -0.3 is 14.8 Å². The van der Waals surface area contributed by atoms with Crippen molar-refractivity contribution >= 4 is 5.97 Å². The summed E-state index contributed by atoms with van der Waals surface area (Å²) in [7, 11) is 0. The van der Waals surface area contributed by atoms with Crippen LogP contribution < -0.4 is 5.32 Å². The number of carbonyl (C=O) groups is 1. The van der Waals surface area contributed by atoms with Crippen LogP contribution in [0, 0.1) is 0 Å². The highest BCUT2D eigenvalue weighted by Gasteiger charge is 2.17. The fourth-order valence-electron chi connectivity index (χ4n) is 3.42. The number of carboxylic acid groups (broad SMARTS) is 1. The summed E-state index contributed by atoms with van der Waals surface area (Å²) in [6.45, 7) is 3.28. The minimum Gasteiger partial charge on any atom is -0.481 e. The largest absolute Gasteiger partial charge is 0.481 e. The van der Waals surface area contributed by atoms with Crippen LogP contribution in [0.4, 0.5) is 0 Å². The topological polar surface area (TPSA) is 88.2 Å². The molecule has 0 radical (unpaired) electrons. The van der Waals surface area contributed by atoms with Gasteiger partial charge in [-0.1, -0.05) is 62.2 Å². The van der Waals surface area contributed by atoms with Gasteiger partial charge in [-0.25, -0.2) is 0 Å². The number of benzene rings is 2. The molecule has 30 heavy (non-hydrogen) atoms. The van der Waals surface area contributed by atoms with Gasteiger partial charge >= 0.3 is 5.97 Å². The summed E-state index contributed by atoms with van der Waals surface area (Å²) in [5.41, 5.74) is 3.27. The first-order chi connectivity index (χ1) is 14.7. The quantitative estimate of drug-likeness (QED) is 0.419. The molecule has 0 spiro atoms. The Morgan fingerprint density at radius 1 is 1.10 bits per heavy atom. The number of aromatic nitrogens is 2. The SMILES string of the molecule is CCCC[C@@H](Cc1nnc(-c2ccc(CNCCC(=O)O)cc2)o1)c1ccccc1. The molecule has 2 N–H and O–H groups in total. The number of nitrogens with zero attached hydrogens (tertiary/aromatic N) is 2. The summed E-state index contributed by atoms with van der Waals surface area (Å²) in [6.07, 6.45) is 4.29. The Morgan fingerprint density at radius 2 is 1.87 bits per heavy atom. The van der Waals surface area contributed by atoms with Crippen molar-refractivity contribution in [1.82, 2.24) is 15.5 Å². The summed E-state index contributed by atoms with van der Waals surface area (Å²) >= 11 is 0. The van der Waals surface area contributed by atoms with Crippen molar-refractivity contribution in [2.75, 3.05) is 6.54 Å². The van der Waals surface area contributed by atoms with Crippen LogP contribution in [0.25, 0.3) is 11.5 Å². The molecule has 0 saturated carbocycles. The summed E-state index contributed by atoms with van der Waals surface area (Å²) in [5, 5.41) is 20.3. The van der Waals surface area contributed by atoms with E-state index in [9.17, 15) is 4.79 Å². The zero-order chi connectivity index (χ0) is 21.2. The van der Waals surface area contributed by atoms with E-state index in [1.165, 1.54) is 12.0 Å². The summed E-state index contributed by atoms with van der Waals surface area (Å²) in [6, 6.07) is 18.4. The summed E-state index contributed by atoms with van der Waals surface area (Å²) in [4.78, 5) is 10.6. The van der Waals surface area contributed by atoms with E-state index in [1.807, 2.05) is 30.3 Å². The average molecular weight is 408 g/mol. The molecule has 0 aliphatic carbocycles. The number of rotatable bonds is 12. The molecule has 0 aliphatic rings. The normalized spacial score (nSPS) is 12.0.